The van der Waals surface area contributed by atoms with Crippen LogP contribution in [0.4, 0.5) is 0 Å². The predicted octanol–water partition coefficient (Wildman–Crippen LogP) is 2.39. The van der Waals surface area contributed by atoms with Gasteiger partial charge in [-0.2, -0.15) is 0 Å². The van der Waals surface area contributed by atoms with E-state index < -0.39 is 0 Å². The van der Waals surface area contributed by atoms with Gasteiger partial charge < -0.3 is 5.32 Å². The topological polar surface area (TPSA) is 24.9 Å². The second-order valence-electron chi connectivity index (χ2n) is 3.32. The molecule has 1 aromatic heterocycles. The number of aromatic nitrogens is 1. The maximum absolute atomic E-state index is 4.02. The standard InChI is InChI=1S/C10H14N2.2ClH/c1-2-10(8-12-5-1)9-3-6-11-7-4-9;;/h3-4,6-7,10,12H,1-2,5,8H2;2*1H. The Hall–Kier alpha value is -0.310. The summed E-state index contributed by atoms with van der Waals surface area (Å²) < 4.78 is 0. The lowest BCUT2D eigenvalue weighted by molar-refractivity contribution is 0.461. The van der Waals surface area contributed by atoms with Gasteiger partial charge in [-0.25, -0.2) is 0 Å². The molecule has 1 saturated heterocycles. The number of piperidine rings is 1. The third kappa shape index (κ3) is 3.45. The maximum Gasteiger partial charge on any atom is 0.0270 e. The van der Waals surface area contributed by atoms with Crippen LogP contribution in [0.25, 0.3) is 0 Å². The van der Waals surface area contributed by atoms with Crippen LogP contribution in [0.2, 0.25) is 0 Å². The van der Waals surface area contributed by atoms with Crippen molar-refractivity contribution in [1.29, 1.82) is 0 Å². The number of halogens is 2. The SMILES string of the molecule is Cl.Cl.c1cc(C2CCCNC2)ccn1. The van der Waals surface area contributed by atoms with E-state index in [0.717, 1.165) is 6.54 Å². The van der Waals surface area contributed by atoms with E-state index in [0.29, 0.717) is 5.92 Å². The van der Waals surface area contributed by atoms with Gasteiger partial charge in [-0.15, -0.1) is 24.8 Å². The Kier molecular flexibility index (Phi) is 6.89. The molecule has 1 aliphatic heterocycles. The summed E-state index contributed by atoms with van der Waals surface area (Å²) in [6.07, 6.45) is 6.37. The highest BCUT2D eigenvalue weighted by atomic mass is 35.5. The number of pyridine rings is 1. The quantitative estimate of drug-likeness (QED) is 0.808. The smallest absolute Gasteiger partial charge is 0.0270 e. The summed E-state index contributed by atoms with van der Waals surface area (Å²) >= 11 is 0. The minimum absolute atomic E-state index is 0. The van der Waals surface area contributed by atoms with Crippen LogP contribution in [0.3, 0.4) is 0 Å². The molecule has 2 heterocycles. The van der Waals surface area contributed by atoms with E-state index in [1.165, 1.54) is 24.9 Å². The van der Waals surface area contributed by atoms with Gasteiger partial charge in [0.25, 0.3) is 0 Å². The van der Waals surface area contributed by atoms with Crippen LogP contribution in [-0.2, 0) is 0 Å². The summed E-state index contributed by atoms with van der Waals surface area (Å²) in [5, 5.41) is 3.41. The van der Waals surface area contributed by atoms with Crippen molar-refractivity contribution in [2.75, 3.05) is 13.1 Å². The van der Waals surface area contributed by atoms with E-state index in [-0.39, 0.29) is 24.8 Å². The van der Waals surface area contributed by atoms with Crippen LogP contribution in [0, 0.1) is 0 Å². The molecule has 1 fully saturated rings. The lowest BCUT2D eigenvalue weighted by atomic mass is 9.93. The Morgan fingerprint density at radius 3 is 2.50 bits per heavy atom. The van der Waals surface area contributed by atoms with Crippen molar-refractivity contribution in [2.45, 2.75) is 18.8 Å². The minimum atomic E-state index is 0. The third-order valence-corrected chi connectivity index (χ3v) is 2.47. The molecule has 0 radical (unpaired) electrons. The lowest BCUT2D eigenvalue weighted by Gasteiger charge is -2.22. The molecule has 0 amide bonds. The molecule has 0 saturated carbocycles. The van der Waals surface area contributed by atoms with Gasteiger partial charge in [-0.1, -0.05) is 0 Å². The van der Waals surface area contributed by atoms with E-state index in [2.05, 4.69) is 22.4 Å². The third-order valence-electron chi connectivity index (χ3n) is 2.47. The summed E-state index contributed by atoms with van der Waals surface area (Å²) in [4.78, 5) is 4.02. The zero-order chi connectivity index (χ0) is 8.23. The second-order valence-corrected chi connectivity index (χ2v) is 3.32. The molecule has 4 heteroatoms. The van der Waals surface area contributed by atoms with E-state index in [1.807, 2.05) is 12.4 Å². The van der Waals surface area contributed by atoms with Crippen molar-refractivity contribution in [1.82, 2.24) is 10.3 Å². The average molecular weight is 235 g/mol. The summed E-state index contributed by atoms with van der Waals surface area (Å²) in [6.45, 7) is 2.31. The van der Waals surface area contributed by atoms with Crippen LogP contribution in [0.15, 0.2) is 24.5 Å². The van der Waals surface area contributed by atoms with Crippen LogP contribution >= 0.6 is 24.8 Å². The first kappa shape index (κ1) is 13.7. The van der Waals surface area contributed by atoms with Gasteiger partial charge in [0.15, 0.2) is 0 Å². The molecule has 1 unspecified atom stereocenters. The summed E-state index contributed by atoms with van der Waals surface area (Å²) in [5.41, 5.74) is 1.43. The van der Waals surface area contributed by atoms with Gasteiger partial charge in [0, 0.05) is 18.9 Å². The summed E-state index contributed by atoms with van der Waals surface area (Å²) in [5.74, 6) is 0.710. The zero-order valence-electron chi connectivity index (χ0n) is 7.98. The van der Waals surface area contributed by atoms with E-state index in [4.69, 9.17) is 0 Å². The fraction of sp³-hybridized carbons (Fsp3) is 0.500. The normalized spacial score (nSPS) is 20.4. The molecule has 80 valence electrons. The highest BCUT2D eigenvalue weighted by Crippen LogP contribution is 2.21. The monoisotopic (exact) mass is 234 g/mol. The van der Waals surface area contributed by atoms with Crippen molar-refractivity contribution in [3.63, 3.8) is 0 Å². The number of nitrogens with zero attached hydrogens (tertiary/aromatic N) is 1. The molecule has 0 aliphatic carbocycles. The summed E-state index contributed by atoms with van der Waals surface area (Å²) in [7, 11) is 0. The lowest BCUT2D eigenvalue weighted by Crippen LogP contribution is -2.28. The largest absolute Gasteiger partial charge is 0.316 e. The Balaban J connectivity index is 0.000000845. The molecule has 1 N–H and O–H groups in total. The van der Waals surface area contributed by atoms with Crippen LogP contribution in [0.1, 0.15) is 24.3 Å². The van der Waals surface area contributed by atoms with Gasteiger partial charge in [0.05, 0.1) is 0 Å². The van der Waals surface area contributed by atoms with Gasteiger partial charge in [0.2, 0.25) is 0 Å². The van der Waals surface area contributed by atoms with Gasteiger partial charge >= 0.3 is 0 Å². The second kappa shape index (κ2) is 7.04. The number of hydrogen-bond donors (Lipinski definition) is 1. The zero-order valence-corrected chi connectivity index (χ0v) is 9.61. The Labute approximate surface area is 97.3 Å². The first-order chi connectivity index (χ1) is 5.97. The minimum Gasteiger partial charge on any atom is -0.316 e. The van der Waals surface area contributed by atoms with Crippen molar-refractivity contribution in [2.24, 2.45) is 0 Å². The Morgan fingerprint density at radius 2 is 1.93 bits per heavy atom. The fourth-order valence-electron chi connectivity index (χ4n) is 1.77. The summed E-state index contributed by atoms with van der Waals surface area (Å²) in [6, 6.07) is 4.25. The molecule has 1 aromatic rings. The van der Waals surface area contributed by atoms with Gasteiger partial charge in [-0.3, -0.25) is 4.98 Å². The van der Waals surface area contributed by atoms with E-state index in [9.17, 15) is 0 Å². The van der Waals surface area contributed by atoms with E-state index in [1.54, 1.807) is 0 Å². The van der Waals surface area contributed by atoms with Crippen molar-refractivity contribution in [3.05, 3.63) is 30.1 Å². The molecule has 2 rings (SSSR count). The highest BCUT2D eigenvalue weighted by Gasteiger charge is 2.13. The first-order valence-corrected chi connectivity index (χ1v) is 4.57. The van der Waals surface area contributed by atoms with Crippen LogP contribution in [-0.4, -0.2) is 18.1 Å². The maximum atomic E-state index is 4.02. The predicted molar refractivity (Wildman–Crippen MR) is 63.6 cm³/mol. The Morgan fingerprint density at radius 1 is 1.21 bits per heavy atom. The fourth-order valence-corrected chi connectivity index (χ4v) is 1.77. The molecule has 2 nitrogen and oxygen atoms in total. The van der Waals surface area contributed by atoms with Crippen LogP contribution < -0.4 is 5.32 Å². The van der Waals surface area contributed by atoms with Gasteiger partial charge in [-0.05, 0) is 43.0 Å². The molecule has 1 atom stereocenters. The Bertz CT molecular complexity index is 235. The molecular weight excluding hydrogens is 219 g/mol. The highest BCUT2D eigenvalue weighted by molar-refractivity contribution is 5.85. The van der Waals surface area contributed by atoms with Crippen molar-refractivity contribution in [3.8, 4) is 0 Å². The first-order valence-electron chi connectivity index (χ1n) is 4.57. The molecule has 1 aliphatic rings. The molecule has 0 aromatic carbocycles. The average Bonchev–Trinajstić information content (AvgIpc) is 2.21. The van der Waals surface area contributed by atoms with Crippen molar-refractivity contribution >= 4 is 24.8 Å². The molecule has 0 bridgehead atoms. The number of rotatable bonds is 1. The van der Waals surface area contributed by atoms with E-state index >= 15 is 0 Å². The van der Waals surface area contributed by atoms with Crippen molar-refractivity contribution < 1.29 is 0 Å². The van der Waals surface area contributed by atoms with Crippen LogP contribution in [0.5, 0.6) is 0 Å². The molecule has 14 heavy (non-hydrogen) atoms. The molecular formula is C10H16Cl2N2. The van der Waals surface area contributed by atoms with Gasteiger partial charge in [0.1, 0.15) is 0 Å². The number of hydrogen-bond acceptors (Lipinski definition) is 2. The number of nitrogens with one attached hydrogen (secondary N) is 1. The molecule has 0 spiro atoms.